The Morgan fingerprint density at radius 2 is 1.70 bits per heavy atom. The molecule has 3 aromatic rings. The third-order valence-electron chi connectivity index (χ3n) is 3.11. The minimum Gasteiger partial charge on any atom is -0.489 e. The lowest BCUT2D eigenvalue weighted by molar-refractivity contribution is 0.306. The van der Waals surface area contributed by atoms with Gasteiger partial charge in [-0.2, -0.15) is 0 Å². The third kappa shape index (κ3) is 2.94. The lowest BCUT2D eigenvalue weighted by Crippen LogP contribution is -1.97. The van der Waals surface area contributed by atoms with Gasteiger partial charge in [0.1, 0.15) is 12.4 Å². The predicted molar refractivity (Wildman–Crippen MR) is 86.8 cm³/mol. The lowest BCUT2D eigenvalue weighted by Gasteiger charge is -2.08. The largest absolute Gasteiger partial charge is 0.489 e. The molecule has 0 fully saturated rings. The van der Waals surface area contributed by atoms with E-state index >= 15 is 0 Å². The molecule has 100 valence electrons. The molecule has 0 saturated carbocycles. The molecule has 0 atom stereocenters. The molecule has 3 aromatic carbocycles. The summed E-state index contributed by atoms with van der Waals surface area (Å²) in [6.07, 6.45) is 0. The number of nitrogens with two attached hydrogens (primary N) is 1. The molecule has 3 rings (SSSR count). The second-order valence-electron chi connectivity index (χ2n) is 4.69. The molecule has 0 unspecified atom stereocenters. The number of hydrogen-bond acceptors (Lipinski definition) is 2. The Bertz CT molecular complexity index is 735. The van der Waals surface area contributed by atoms with Crippen LogP contribution >= 0.6 is 15.9 Å². The third-order valence-corrected chi connectivity index (χ3v) is 3.56. The van der Waals surface area contributed by atoms with Crippen molar-refractivity contribution in [1.29, 1.82) is 0 Å². The fraction of sp³-hybridized carbons (Fsp3) is 0.0588. The van der Waals surface area contributed by atoms with E-state index < -0.39 is 0 Å². The molecule has 0 aliphatic carbocycles. The van der Waals surface area contributed by atoms with E-state index in [1.165, 1.54) is 10.8 Å². The fourth-order valence-corrected chi connectivity index (χ4v) is 2.74. The Kier molecular flexibility index (Phi) is 3.61. The van der Waals surface area contributed by atoms with E-state index in [9.17, 15) is 0 Å². The molecule has 20 heavy (non-hydrogen) atoms. The van der Waals surface area contributed by atoms with E-state index in [1.807, 2.05) is 36.4 Å². The summed E-state index contributed by atoms with van der Waals surface area (Å²) in [5.41, 5.74) is 7.60. The van der Waals surface area contributed by atoms with Crippen molar-refractivity contribution in [1.82, 2.24) is 0 Å². The highest BCUT2D eigenvalue weighted by atomic mass is 79.9. The molecule has 0 saturated heterocycles. The van der Waals surface area contributed by atoms with Gasteiger partial charge in [-0.3, -0.25) is 0 Å². The monoisotopic (exact) mass is 327 g/mol. The molecule has 0 aliphatic rings. The average molecular weight is 328 g/mol. The van der Waals surface area contributed by atoms with Crippen molar-refractivity contribution in [3.05, 3.63) is 70.7 Å². The van der Waals surface area contributed by atoms with Crippen molar-refractivity contribution < 1.29 is 4.74 Å². The van der Waals surface area contributed by atoms with Gasteiger partial charge in [0.15, 0.2) is 0 Å². The first-order chi connectivity index (χ1) is 9.70. The van der Waals surface area contributed by atoms with E-state index in [-0.39, 0.29) is 0 Å². The van der Waals surface area contributed by atoms with E-state index in [0.717, 1.165) is 21.5 Å². The predicted octanol–water partition coefficient (Wildman–Crippen LogP) is 4.76. The van der Waals surface area contributed by atoms with Crippen LogP contribution in [0.4, 0.5) is 5.69 Å². The Balaban J connectivity index is 1.79. The Hall–Kier alpha value is -2.00. The van der Waals surface area contributed by atoms with Crippen molar-refractivity contribution in [3.8, 4) is 5.75 Å². The summed E-state index contributed by atoms with van der Waals surface area (Å²) in [7, 11) is 0. The number of rotatable bonds is 3. The summed E-state index contributed by atoms with van der Waals surface area (Å²) in [4.78, 5) is 0. The van der Waals surface area contributed by atoms with Gasteiger partial charge in [-0.1, -0.05) is 46.3 Å². The van der Waals surface area contributed by atoms with Crippen LogP contribution in [0.3, 0.4) is 0 Å². The first kappa shape index (κ1) is 13.0. The van der Waals surface area contributed by atoms with E-state index in [2.05, 4.69) is 40.2 Å². The molecule has 0 aliphatic heterocycles. The van der Waals surface area contributed by atoms with Gasteiger partial charge in [-0.25, -0.2) is 0 Å². The molecular weight excluding hydrogens is 314 g/mol. The van der Waals surface area contributed by atoms with Crippen molar-refractivity contribution in [2.45, 2.75) is 6.61 Å². The molecule has 0 heterocycles. The Morgan fingerprint density at radius 1 is 0.900 bits per heavy atom. The Morgan fingerprint density at radius 3 is 2.50 bits per heavy atom. The lowest BCUT2D eigenvalue weighted by atomic mass is 10.1. The number of fused-ring (bicyclic) bond motifs is 1. The molecule has 2 nitrogen and oxygen atoms in total. The maximum Gasteiger partial charge on any atom is 0.120 e. The zero-order valence-electron chi connectivity index (χ0n) is 10.8. The van der Waals surface area contributed by atoms with Crippen molar-refractivity contribution >= 4 is 32.4 Å². The molecule has 2 N–H and O–H groups in total. The van der Waals surface area contributed by atoms with Crippen LogP contribution < -0.4 is 10.5 Å². The maximum atomic E-state index is 5.83. The summed E-state index contributed by atoms with van der Waals surface area (Å²) in [5, 5.41) is 2.39. The number of hydrogen-bond donors (Lipinski definition) is 1. The number of ether oxygens (including phenoxy) is 1. The number of nitrogen functional groups attached to an aromatic ring is 1. The summed E-state index contributed by atoms with van der Waals surface area (Å²) >= 11 is 3.44. The Labute approximate surface area is 126 Å². The SMILES string of the molecule is Nc1cc(Br)cc(COc2ccc3ccccc3c2)c1. The zero-order chi connectivity index (χ0) is 13.9. The first-order valence-electron chi connectivity index (χ1n) is 6.37. The van der Waals surface area contributed by atoms with Crippen LogP contribution in [0.5, 0.6) is 5.75 Å². The minimum absolute atomic E-state index is 0.502. The van der Waals surface area contributed by atoms with Crippen LogP contribution in [0, 0.1) is 0 Å². The number of halogens is 1. The first-order valence-corrected chi connectivity index (χ1v) is 7.16. The topological polar surface area (TPSA) is 35.2 Å². The van der Waals surface area contributed by atoms with Gasteiger partial charge >= 0.3 is 0 Å². The molecule has 0 aromatic heterocycles. The van der Waals surface area contributed by atoms with Gasteiger partial charge < -0.3 is 10.5 Å². The highest BCUT2D eigenvalue weighted by Gasteiger charge is 2.00. The summed E-state index contributed by atoms with van der Waals surface area (Å²) in [5.74, 6) is 0.863. The van der Waals surface area contributed by atoms with Gasteiger partial charge in [0.05, 0.1) is 0 Å². The fourth-order valence-electron chi connectivity index (χ4n) is 2.18. The second-order valence-corrected chi connectivity index (χ2v) is 5.61. The van der Waals surface area contributed by atoms with Crippen LogP contribution in [-0.4, -0.2) is 0 Å². The van der Waals surface area contributed by atoms with Gasteiger partial charge in [-0.15, -0.1) is 0 Å². The summed E-state index contributed by atoms with van der Waals surface area (Å²) in [6, 6.07) is 20.2. The van der Waals surface area contributed by atoms with Gasteiger partial charge in [0.2, 0.25) is 0 Å². The van der Waals surface area contributed by atoms with Crippen molar-refractivity contribution in [2.24, 2.45) is 0 Å². The molecule has 0 amide bonds. The summed E-state index contributed by atoms with van der Waals surface area (Å²) < 4.78 is 6.80. The highest BCUT2D eigenvalue weighted by molar-refractivity contribution is 9.10. The minimum atomic E-state index is 0.502. The standard InChI is InChI=1S/C17H14BrNO/c18-15-7-12(8-16(19)10-15)11-20-17-6-5-13-3-1-2-4-14(13)9-17/h1-10H,11,19H2. The van der Waals surface area contributed by atoms with Crippen LogP contribution in [0.15, 0.2) is 65.1 Å². The van der Waals surface area contributed by atoms with Crippen molar-refractivity contribution in [2.75, 3.05) is 5.73 Å². The van der Waals surface area contributed by atoms with Crippen molar-refractivity contribution in [3.63, 3.8) is 0 Å². The molecule has 0 bridgehead atoms. The summed E-state index contributed by atoms with van der Waals surface area (Å²) in [6.45, 7) is 0.502. The van der Waals surface area contributed by atoms with Crippen LogP contribution in [0.25, 0.3) is 10.8 Å². The maximum absolute atomic E-state index is 5.83. The quantitative estimate of drug-likeness (QED) is 0.703. The van der Waals surface area contributed by atoms with Gasteiger partial charge in [-0.05, 0) is 46.7 Å². The molecule has 0 radical (unpaired) electrons. The highest BCUT2D eigenvalue weighted by Crippen LogP contribution is 2.23. The molecule has 3 heteroatoms. The van der Waals surface area contributed by atoms with Crippen LogP contribution in [-0.2, 0) is 6.61 Å². The normalized spacial score (nSPS) is 10.7. The van der Waals surface area contributed by atoms with Gasteiger partial charge in [0.25, 0.3) is 0 Å². The van der Waals surface area contributed by atoms with E-state index in [1.54, 1.807) is 0 Å². The van der Waals surface area contributed by atoms with Crippen LogP contribution in [0.2, 0.25) is 0 Å². The molecular formula is C17H14BrNO. The smallest absolute Gasteiger partial charge is 0.120 e. The number of anilines is 1. The van der Waals surface area contributed by atoms with E-state index in [4.69, 9.17) is 10.5 Å². The average Bonchev–Trinajstić information content (AvgIpc) is 2.44. The van der Waals surface area contributed by atoms with E-state index in [0.29, 0.717) is 6.61 Å². The molecule has 0 spiro atoms. The number of benzene rings is 3. The zero-order valence-corrected chi connectivity index (χ0v) is 12.4. The van der Waals surface area contributed by atoms with Crippen LogP contribution in [0.1, 0.15) is 5.56 Å². The second kappa shape index (κ2) is 5.55. The van der Waals surface area contributed by atoms with Gasteiger partial charge in [0, 0.05) is 10.2 Å².